The molecular weight excluding hydrogens is 274 g/mol. The summed E-state index contributed by atoms with van der Waals surface area (Å²) in [5.74, 6) is -0.0794. The average Bonchev–Trinajstić information content (AvgIpc) is 2.73. The van der Waals surface area contributed by atoms with Gasteiger partial charge in [0.05, 0.1) is 17.0 Å². The molecular formula is C14H17N3O2S. The summed E-state index contributed by atoms with van der Waals surface area (Å²) < 4.78 is 0.922. The van der Waals surface area contributed by atoms with Crippen LogP contribution in [0.25, 0.3) is 10.2 Å². The first-order valence-electron chi connectivity index (χ1n) is 6.77. The van der Waals surface area contributed by atoms with Crippen molar-refractivity contribution in [2.45, 2.75) is 25.3 Å². The Morgan fingerprint density at radius 3 is 2.95 bits per heavy atom. The first kappa shape index (κ1) is 13.3. The van der Waals surface area contributed by atoms with Crippen LogP contribution in [0.4, 0.5) is 5.69 Å². The molecule has 0 aromatic carbocycles. The lowest BCUT2D eigenvalue weighted by Crippen LogP contribution is -2.45. The number of hydrogen-bond acceptors (Lipinski definition) is 5. The van der Waals surface area contributed by atoms with E-state index < -0.39 is 0 Å². The molecule has 0 spiro atoms. The van der Waals surface area contributed by atoms with Gasteiger partial charge >= 0.3 is 0 Å². The fourth-order valence-electron chi connectivity index (χ4n) is 2.49. The van der Waals surface area contributed by atoms with Crippen LogP contribution in [0.3, 0.4) is 0 Å². The molecule has 1 aliphatic rings. The molecule has 106 valence electrons. The zero-order valence-electron chi connectivity index (χ0n) is 11.1. The molecule has 6 heteroatoms. The van der Waals surface area contributed by atoms with Gasteiger partial charge in [0.2, 0.25) is 0 Å². The van der Waals surface area contributed by atoms with Crippen molar-refractivity contribution in [2.24, 2.45) is 0 Å². The number of aliphatic hydroxyl groups is 1. The smallest absolute Gasteiger partial charge is 0.266 e. The van der Waals surface area contributed by atoms with Gasteiger partial charge in [-0.3, -0.25) is 9.78 Å². The predicted molar refractivity (Wildman–Crippen MR) is 79.8 cm³/mol. The Bertz CT molecular complexity index is 636. The minimum Gasteiger partial charge on any atom is -0.396 e. The Balaban J connectivity index is 1.95. The fourth-order valence-corrected chi connectivity index (χ4v) is 3.53. The van der Waals surface area contributed by atoms with Crippen molar-refractivity contribution in [3.05, 3.63) is 23.2 Å². The molecule has 0 aliphatic heterocycles. The summed E-state index contributed by atoms with van der Waals surface area (Å²) in [4.78, 5) is 19.2. The maximum absolute atomic E-state index is 12.7. The van der Waals surface area contributed by atoms with E-state index in [1.165, 1.54) is 11.3 Å². The van der Waals surface area contributed by atoms with Crippen molar-refractivity contribution in [1.82, 2.24) is 9.88 Å². The van der Waals surface area contributed by atoms with Crippen molar-refractivity contribution < 1.29 is 9.90 Å². The zero-order valence-corrected chi connectivity index (χ0v) is 11.9. The number of carbonyl (C=O) groups excluding carboxylic acids is 1. The van der Waals surface area contributed by atoms with E-state index in [-0.39, 0.29) is 18.6 Å². The molecule has 1 saturated carbocycles. The van der Waals surface area contributed by atoms with Crippen LogP contribution in [0, 0.1) is 0 Å². The highest BCUT2D eigenvalue weighted by Gasteiger charge is 2.31. The Morgan fingerprint density at radius 1 is 1.55 bits per heavy atom. The lowest BCUT2D eigenvalue weighted by atomic mass is 9.91. The third kappa shape index (κ3) is 2.14. The number of nitrogen functional groups attached to an aromatic ring is 1. The van der Waals surface area contributed by atoms with Crippen LogP contribution in [0.15, 0.2) is 18.3 Å². The molecule has 5 nitrogen and oxygen atoms in total. The van der Waals surface area contributed by atoms with Gasteiger partial charge in [-0.05, 0) is 31.4 Å². The SMILES string of the molecule is Nc1c(C(=O)N(CCO)C2CCC2)sc2cccnc12. The number of nitrogens with two attached hydrogens (primary N) is 1. The number of rotatable bonds is 4. The predicted octanol–water partition coefficient (Wildman–Crippen LogP) is 1.87. The van der Waals surface area contributed by atoms with E-state index in [0.29, 0.717) is 22.6 Å². The number of aliphatic hydroxyl groups excluding tert-OH is 1. The van der Waals surface area contributed by atoms with Gasteiger partial charge in [0, 0.05) is 18.8 Å². The molecule has 2 heterocycles. The molecule has 0 unspecified atom stereocenters. The number of hydrogen-bond donors (Lipinski definition) is 2. The summed E-state index contributed by atoms with van der Waals surface area (Å²) in [5.41, 5.74) is 7.22. The van der Waals surface area contributed by atoms with E-state index in [0.717, 1.165) is 24.0 Å². The normalized spacial score (nSPS) is 15.2. The van der Waals surface area contributed by atoms with E-state index >= 15 is 0 Å². The molecule has 0 saturated heterocycles. The number of nitrogens with zero attached hydrogens (tertiary/aromatic N) is 2. The van der Waals surface area contributed by atoms with Crippen LogP contribution in [-0.2, 0) is 0 Å². The lowest BCUT2D eigenvalue weighted by molar-refractivity contribution is 0.0531. The molecule has 1 fully saturated rings. The number of thiophene rings is 1. The van der Waals surface area contributed by atoms with Crippen molar-refractivity contribution >= 4 is 33.1 Å². The van der Waals surface area contributed by atoms with Gasteiger partial charge in [0.25, 0.3) is 5.91 Å². The third-order valence-corrected chi connectivity index (χ3v) is 4.94. The highest BCUT2D eigenvalue weighted by molar-refractivity contribution is 7.21. The minimum atomic E-state index is -0.0794. The highest BCUT2D eigenvalue weighted by atomic mass is 32.1. The standard InChI is InChI=1S/C14H17N3O2S/c15-11-12-10(5-2-6-16-12)20-13(11)14(19)17(7-8-18)9-3-1-4-9/h2,5-6,9,18H,1,3-4,7-8,15H2. The first-order chi connectivity index (χ1) is 9.72. The molecule has 0 bridgehead atoms. The second-order valence-corrected chi connectivity index (χ2v) is 6.05. The van der Waals surface area contributed by atoms with E-state index in [1.807, 2.05) is 12.1 Å². The molecule has 3 N–H and O–H groups in total. The van der Waals surface area contributed by atoms with Crippen LogP contribution in [0.1, 0.15) is 28.9 Å². The van der Waals surface area contributed by atoms with Crippen molar-refractivity contribution in [2.75, 3.05) is 18.9 Å². The highest BCUT2D eigenvalue weighted by Crippen LogP contribution is 2.34. The first-order valence-corrected chi connectivity index (χ1v) is 7.59. The second kappa shape index (κ2) is 5.38. The Labute approximate surface area is 121 Å². The molecule has 1 amide bonds. The number of anilines is 1. The fraction of sp³-hybridized carbons (Fsp3) is 0.429. The van der Waals surface area contributed by atoms with Crippen LogP contribution in [-0.4, -0.2) is 40.1 Å². The number of pyridine rings is 1. The van der Waals surface area contributed by atoms with Gasteiger partial charge in [0.15, 0.2) is 0 Å². The van der Waals surface area contributed by atoms with E-state index in [2.05, 4.69) is 4.98 Å². The number of carbonyl (C=O) groups is 1. The lowest BCUT2D eigenvalue weighted by Gasteiger charge is -2.37. The Morgan fingerprint density at radius 2 is 2.35 bits per heavy atom. The Kier molecular flexibility index (Phi) is 3.58. The van der Waals surface area contributed by atoms with Crippen LogP contribution in [0.5, 0.6) is 0 Å². The van der Waals surface area contributed by atoms with E-state index in [9.17, 15) is 9.90 Å². The van der Waals surface area contributed by atoms with Crippen LogP contribution < -0.4 is 5.73 Å². The largest absolute Gasteiger partial charge is 0.396 e. The molecule has 3 rings (SSSR count). The third-order valence-electron chi connectivity index (χ3n) is 3.79. The number of aromatic nitrogens is 1. The van der Waals surface area contributed by atoms with Crippen LogP contribution >= 0.6 is 11.3 Å². The van der Waals surface area contributed by atoms with Gasteiger partial charge in [-0.2, -0.15) is 0 Å². The van der Waals surface area contributed by atoms with Gasteiger partial charge in [-0.15, -0.1) is 11.3 Å². The van der Waals surface area contributed by atoms with Crippen molar-refractivity contribution in [1.29, 1.82) is 0 Å². The van der Waals surface area contributed by atoms with Gasteiger partial charge in [-0.1, -0.05) is 0 Å². The Hall–Kier alpha value is -1.66. The maximum atomic E-state index is 12.7. The number of fused-ring (bicyclic) bond motifs is 1. The summed E-state index contributed by atoms with van der Waals surface area (Å²) >= 11 is 1.38. The van der Waals surface area contributed by atoms with Crippen LogP contribution in [0.2, 0.25) is 0 Å². The zero-order chi connectivity index (χ0) is 14.1. The van der Waals surface area contributed by atoms with Crippen molar-refractivity contribution in [3.8, 4) is 0 Å². The average molecular weight is 291 g/mol. The molecule has 20 heavy (non-hydrogen) atoms. The van der Waals surface area contributed by atoms with E-state index in [1.54, 1.807) is 11.1 Å². The monoisotopic (exact) mass is 291 g/mol. The second-order valence-electron chi connectivity index (χ2n) is 5.00. The quantitative estimate of drug-likeness (QED) is 0.901. The molecule has 0 atom stereocenters. The van der Waals surface area contributed by atoms with Gasteiger partial charge < -0.3 is 15.7 Å². The summed E-state index contributed by atoms with van der Waals surface area (Å²) in [6, 6.07) is 4.00. The molecule has 2 aromatic rings. The van der Waals surface area contributed by atoms with Gasteiger partial charge in [-0.25, -0.2) is 0 Å². The minimum absolute atomic E-state index is 0.0225. The topological polar surface area (TPSA) is 79.5 Å². The van der Waals surface area contributed by atoms with E-state index in [4.69, 9.17) is 5.73 Å². The maximum Gasteiger partial charge on any atom is 0.266 e. The summed E-state index contributed by atoms with van der Waals surface area (Å²) in [5, 5.41) is 9.18. The summed E-state index contributed by atoms with van der Waals surface area (Å²) in [6.45, 7) is 0.343. The molecule has 0 radical (unpaired) electrons. The molecule has 2 aromatic heterocycles. The molecule has 1 aliphatic carbocycles. The van der Waals surface area contributed by atoms with Crippen molar-refractivity contribution in [3.63, 3.8) is 0 Å². The summed E-state index contributed by atoms with van der Waals surface area (Å²) in [6.07, 6.45) is 4.84. The van der Waals surface area contributed by atoms with Gasteiger partial charge in [0.1, 0.15) is 10.4 Å². The summed E-state index contributed by atoms with van der Waals surface area (Å²) in [7, 11) is 0. The number of amides is 1.